The van der Waals surface area contributed by atoms with E-state index >= 15 is 0 Å². The molecule has 0 saturated carbocycles. The molecule has 0 amide bonds. The molecule has 122 valence electrons. The summed E-state index contributed by atoms with van der Waals surface area (Å²) in [5, 5.41) is 6.66. The van der Waals surface area contributed by atoms with Crippen LogP contribution in [-0.2, 0) is 0 Å². The first kappa shape index (κ1) is 16.5. The molecule has 0 atom stereocenters. The molecule has 4 nitrogen and oxygen atoms in total. The maximum absolute atomic E-state index is 4.58. The number of benzene rings is 2. The molecule has 0 aliphatic rings. The first-order valence-electron chi connectivity index (χ1n) is 7.73. The fourth-order valence-electron chi connectivity index (χ4n) is 2.43. The fourth-order valence-corrected chi connectivity index (χ4v) is 2.90. The molecule has 5 heteroatoms. The van der Waals surface area contributed by atoms with Gasteiger partial charge in [0, 0.05) is 27.6 Å². The van der Waals surface area contributed by atoms with Crippen LogP contribution < -0.4 is 10.6 Å². The molecule has 0 unspecified atom stereocenters. The topological polar surface area (TPSA) is 49.8 Å². The molecule has 0 bridgehead atoms. The van der Waals surface area contributed by atoms with Crippen molar-refractivity contribution in [3.63, 3.8) is 0 Å². The molecule has 0 spiro atoms. The highest BCUT2D eigenvalue weighted by atomic mass is 79.9. The van der Waals surface area contributed by atoms with E-state index in [2.05, 4.69) is 62.5 Å². The van der Waals surface area contributed by atoms with E-state index in [0.29, 0.717) is 5.95 Å². The Morgan fingerprint density at radius 2 is 1.54 bits per heavy atom. The third-order valence-electron chi connectivity index (χ3n) is 3.70. The van der Waals surface area contributed by atoms with Crippen molar-refractivity contribution in [1.82, 2.24) is 9.97 Å². The minimum atomic E-state index is 0.580. The largest absolute Gasteiger partial charge is 0.340 e. The van der Waals surface area contributed by atoms with E-state index in [1.807, 2.05) is 43.3 Å². The highest BCUT2D eigenvalue weighted by Gasteiger charge is 2.06. The summed E-state index contributed by atoms with van der Waals surface area (Å²) in [4.78, 5) is 9.07. The van der Waals surface area contributed by atoms with Crippen LogP contribution in [0.25, 0.3) is 0 Å². The summed E-state index contributed by atoms with van der Waals surface area (Å²) in [7, 11) is 0. The normalized spacial score (nSPS) is 10.5. The number of rotatable bonds is 4. The number of aryl methyl sites for hydroxylation is 3. The molecule has 0 saturated heterocycles. The van der Waals surface area contributed by atoms with Gasteiger partial charge in [-0.05, 0) is 56.2 Å². The van der Waals surface area contributed by atoms with Crippen molar-refractivity contribution in [3.8, 4) is 0 Å². The number of para-hydroxylation sites is 1. The maximum Gasteiger partial charge on any atom is 0.229 e. The summed E-state index contributed by atoms with van der Waals surface area (Å²) in [6.45, 7) is 6.08. The van der Waals surface area contributed by atoms with Crippen molar-refractivity contribution in [1.29, 1.82) is 0 Å². The maximum atomic E-state index is 4.58. The van der Waals surface area contributed by atoms with Crippen LogP contribution >= 0.6 is 15.9 Å². The highest BCUT2D eigenvalue weighted by Crippen LogP contribution is 2.24. The first-order chi connectivity index (χ1) is 11.5. The number of nitrogens with one attached hydrogen (secondary N) is 2. The van der Waals surface area contributed by atoms with Crippen LogP contribution in [0, 0.1) is 20.8 Å². The van der Waals surface area contributed by atoms with Gasteiger partial charge in [0.15, 0.2) is 0 Å². The van der Waals surface area contributed by atoms with Gasteiger partial charge in [-0.1, -0.05) is 34.1 Å². The van der Waals surface area contributed by atoms with Crippen molar-refractivity contribution >= 4 is 39.1 Å². The molecule has 1 heterocycles. The second-order valence-electron chi connectivity index (χ2n) is 5.74. The SMILES string of the molecule is Cc1cc(Nc2ccccc2C)nc(Nc2ccc(Br)cc2C)n1. The highest BCUT2D eigenvalue weighted by molar-refractivity contribution is 9.10. The van der Waals surface area contributed by atoms with Gasteiger partial charge in [-0.2, -0.15) is 4.98 Å². The van der Waals surface area contributed by atoms with E-state index in [9.17, 15) is 0 Å². The summed E-state index contributed by atoms with van der Waals surface area (Å²) in [6, 6.07) is 16.1. The zero-order chi connectivity index (χ0) is 17.1. The average molecular weight is 383 g/mol. The van der Waals surface area contributed by atoms with Gasteiger partial charge in [-0.25, -0.2) is 4.98 Å². The third kappa shape index (κ3) is 3.92. The van der Waals surface area contributed by atoms with E-state index in [1.165, 1.54) is 5.56 Å². The molecule has 2 aromatic carbocycles. The second kappa shape index (κ2) is 7.01. The molecule has 1 aromatic heterocycles. The number of hydrogen-bond donors (Lipinski definition) is 2. The number of nitrogens with zero attached hydrogens (tertiary/aromatic N) is 2. The molecule has 0 aliphatic heterocycles. The summed E-state index contributed by atoms with van der Waals surface area (Å²) in [5.41, 5.74) is 5.24. The van der Waals surface area contributed by atoms with Gasteiger partial charge in [0.05, 0.1) is 0 Å². The van der Waals surface area contributed by atoms with Crippen molar-refractivity contribution in [2.45, 2.75) is 20.8 Å². The van der Waals surface area contributed by atoms with Gasteiger partial charge in [0.2, 0.25) is 5.95 Å². The number of hydrogen-bond acceptors (Lipinski definition) is 4. The molecule has 2 N–H and O–H groups in total. The number of aromatic nitrogens is 2. The van der Waals surface area contributed by atoms with Gasteiger partial charge in [0.1, 0.15) is 5.82 Å². The Balaban J connectivity index is 1.87. The fraction of sp³-hybridized carbons (Fsp3) is 0.158. The molecule has 3 aromatic rings. The Morgan fingerprint density at radius 3 is 2.29 bits per heavy atom. The Labute approximate surface area is 150 Å². The summed E-state index contributed by atoms with van der Waals surface area (Å²) in [6.07, 6.45) is 0. The predicted molar refractivity (Wildman–Crippen MR) is 103 cm³/mol. The van der Waals surface area contributed by atoms with Crippen LogP contribution in [0.2, 0.25) is 0 Å². The lowest BCUT2D eigenvalue weighted by molar-refractivity contribution is 1.10. The lowest BCUT2D eigenvalue weighted by Gasteiger charge is -2.12. The zero-order valence-electron chi connectivity index (χ0n) is 13.9. The Hall–Kier alpha value is -2.40. The van der Waals surface area contributed by atoms with Gasteiger partial charge in [0.25, 0.3) is 0 Å². The molecule has 3 rings (SSSR count). The van der Waals surface area contributed by atoms with Gasteiger partial charge >= 0.3 is 0 Å². The minimum absolute atomic E-state index is 0.580. The standard InChI is InChI=1S/C19H19BrN4/c1-12-6-4-5-7-16(12)22-18-11-14(3)21-19(24-18)23-17-9-8-15(20)10-13(17)2/h4-11H,1-3H3,(H2,21,22,23,24). The smallest absolute Gasteiger partial charge is 0.229 e. The van der Waals surface area contributed by atoms with E-state index in [0.717, 1.165) is 32.9 Å². The van der Waals surface area contributed by atoms with Gasteiger partial charge in [-0.15, -0.1) is 0 Å². The van der Waals surface area contributed by atoms with E-state index in [1.54, 1.807) is 0 Å². The monoisotopic (exact) mass is 382 g/mol. The number of anilines is 4. The molecular formula is C19H19BrN4. The molecule has 0 aliphatic carbocycles. The van der Waals surface area contributed by atoms with Crippen LogP contribution in [0.3, 0.4) is 0 Å². The second-order valence-corrected chi connectivity index (χ2v) is 6.66. The first-order valence-corrected chi connectivity index (χ1v) is 8.52. The van der Waals surface area contributed by atoms with E-state index < -0.39 is 0 Å². The Morgan fingerprint density at radius 1 is 0.792 bits per heavy atom. The Bertz CT molecular complexity index is 877. The molecule has 0 fully saturated rings. The van der Waals surface area contributed by atoms with Crippen LogP contribution in [0.5, 0.6) is 0 Å². The van der Waals surface area contributed by atoms with Crippen LogP contribution in [-0.4, -0.2) is 9.97 Å². The third-order valence-corrected chi connectivity index (χ3v) is 4.19. The molecule has 24 heavy (non-hydrogen) atoms. The Kier molecular flexibility index (Phi) is 4.81. The van der Waals surface area contributed by atoms with E-state index in [-0.39, 0.29) is 0 Å². The van der Waals surface area contributed by atoms with Crippen molar-refractivity contribution < 1.29 is 0 Å². The summed E-state index contributed by atoms with van der Waals surface area (Å²) >= 11 is 3.48. The van der Waals surface area contributed by atoms with Crippen molar-refractivity contribution in [3.05, 3.63) is 69.8 Å². The predicted octanol–water partition coefficient (Wildman–Crippen LogP) is 5.65. The minimum Gasteiger partial charge on any atom is -0.340 e. The van der Waals surface area contributed by atoms with Crippen molar-refractivity contribution in [2.24, 2.45) is 0 Å². The van der Waals surface area contributed by atoms with Crippen LogP contribution in [0.4, 0.5) is 23.1 Å². The van der Waals surface area contributed by atoms with Crippen LogP contribution in [0.1, 0.15) is 16.8 Å². The summed E-state index contributed by atoms with van der Waals surface area (Å²) in [5.74, 6) is 1.35. The lowest BCUT2D eigenvalue weighted by Crippen LogP contribution is -2.03. The van der Waals surface area contributed by atoms with Gasteiger partial charge < -0.3 is 10.6 Å². The average Bonchev–Trinajstić information content (AvgIpc) is 2.52. The number of halogens is 1. The quantitative estimate of drug-likeness (QED) is 0.611. The lowest BCUT2D eigenvalue weighted by atomic mass is 10.2. The molecule has 0 radical (unpaired) electrons. The summed E-state index contributed by atoms with van der Waals surface area (Å²) < 4.78 is 1.05. The zero-order valence-corrected chi connectivity index (χ0v) is 15.5. The molecular weight excluding hydrogens is 364 g/mol. The van der Waals surface area contributed by atoms with Crippen molar-refractivity contribution in [2.75, 3.05) is 10.6 Å². The van der Waals surface area contributed by atoms with Crippen LogP contribution in [0.15, 0.2) is 53.0 Å². The van der Waals surface area contributed by atoms with E-state index in [4.69, 9.17) is 0 Å². The van der Waals surface area contributed by atoms with Gasteiger partial charge in [-0.3, -0.25) is 0 Å².